The van der Waals surface area contributed by atoms with Gasteiger partial charge in [0.05, 0.1) is 5.56 Å². The summed E-state index contributed by atoms with van der Waals surface area (Å²) in [6.07, 6.45) is 0.553. The van der Waals surface area contributed by atoms with E-state index in [4.69, 9.17) is 11.6 Å². The van der Waals surface area contributed by atoms with Gasteiger partial charge in [0, 0.05) is 55.9 Å². The molecule has 0 bridgehead atoms. The molecule has 10 heteroatoms. The van der Waals surface area contributed by atoms with Crippen LogP contribution in [-0.2, 0) is 6.42 Å². The summed E-state index contributed by atoms with van der Waals surface area (Å²) in [4.78, 5) is 17.4. The Kier molecular flexibility index (Phi) is 6.76. The van der Waals surface area contributed by atoms with Crippen molar-refractivity contribution >= 4 is 23.1 Å². The summed E-state index contributed by atoms with van der Waals surface area (Å²) >= 11 is 5.97. The van der Waals surface area contributed by atoms with Crippen LogP contribution in [0.1, 0.15) is 29.1 Å². The molecule has 1 fully saturated rings. The number of hydrogen-bond acceptors (Lipinski definition) is 6. The molecule has 0 saturated carbocycles. The Morgan fingerprint density at radius 2 is 1.81 bits per heavy atom. The molecule has 0 amide bonds. The summed E-state index contributed by atoms with van der Waals surface area (Å²) in [7, 11) is 0. The summed E-state index contributed by atoms with van der Waals surface area (Å²) < 4.78 is 28.6. The summed E-state index contributed by atoms with van der Waals surface area (Å²) in [6.45, 7) is 5.91. The highest BCUT2D eigenvalue weighted by Crippen LogP contribution is 2.20. The maximum Gasteiger partial charge on any atom is 0.190 e. The number of tetrazole rings is 1. The number of carbonyl (C=O) groups is 1. The van der Waals surface area contributed by atoms with Crippen LogP contribution in [0.5, 0.6) is 0 Å². The van der Waals surface area contributed by atoms with E-state index < -0.39 is 23.5 Å². The zero-order valence-corrected chi connectivity index (χ0v) is 18.3. The van der Waals surface area contributed by atoms with Gasteiger partial charge in [-0.25, -0.2) is 13.5 Å². The number of ketones is 1. The van der Waals surface area contributed by atoms with Gasteiger partial charge in [-0.2, -0.15) is 0 Å². The van der Waals surface area contributed by atoms with Crippen LogP contribution in [0.15, 0.2) is 42.5 Å². The van der Waals surface area contributed by atoms with E-state index >= 15 is 0 Å². The molecule has 32 heavy (non-hydrogen) atoms. The Hall–Kier alpha value is -2.91. The molecule has 1 aliphatic heterocycles. The Labute approximate surface area is 189 Å². The van der Waals surface area contributed by atoms with Crippen molar-refractivity contribution in [1.29, 1.82) is 0 Å². The third-order valence-electron chi connectivity index (χ3n) is 5.72. The van der Waals surface area contributed by atoms with Gasteiger partial charge < -0.3 is 4.90 Å². The van der Waals surface area contributed by atoms with Gasteiger partial charge in [-0.3, -0.25) is 9.69 Å². The van der Waals surface area contributed by atoms with Gasteiger partial charge in [0.2, 0.25) is 0 Å². The lowest BCUT2D eigenvalue weighted by Crippen LogP contribution is -2.47. The zero-order valence-electron chi connectivity index (χ0n) is 17.6. The average Bonchev–Trinajstić information content (AvgIpc) is 3.26. The van der Waals surface area contributed by atoms with Gasteiger partial charge in [0.25, 0.3) is 0 Å². The molecule has 0 N–H and O–H groups in total. The Balaban J connectivity index is 1.34. The monoisotopic (exact) mass is 460 g/mol. The summed E-state index contributed by atoms with van der Waals surface area (Å²) in [6, 6.07) is 9.93. The smallest absolute Gasteiger partial charge is 0.190 e. The lowest BCUT2D eigenvalue weighted by molar-refractivity contribution is 0.0920. The van der Waals surface area contributed by atoms with Crippen molar-refractivity contribution < 1.29 is 13.6 Å². The van der Waals surface area contributed by atoms with Crippen molar-refractivity contribution in [3.05, 3.63) is 70.5 Å². The summed E-state index contributed by atoms with van der Waals surface area (Å²) in [5, 5.41) is 12.4. The van der Waals surface area contributed by atoms with E-state index in [1.54, 1.807) is 6.92 Å². The van der Waals surface area contributed by atoms with Crippen molar-refractivity contribution in [2.24, 2.45) is 0 Å². The number of carbonyl (C=O) groups excluding carboxylic acids is 1. The maximum absolute atomic E-state index is 14.0. The van der Waals surface area contributed by atoms with Crippen molar-refractivity contribution in [2.75, 3.05) is 37.6 Å². The van der Waals surface area contributed by atoms with Crippen LogP contribution in [-0.4, -0.2) is 63.6 Å². The fraction of sp³-hybridized carbons (Fsp3) is 0.364. The second-order valence-electron chi connectivity index (χ2n) is 7.76. The van der Waals surface area contributed by atoms with Crippen LogP contribution in [0.2, 0.25) is 5.02 Å². The zero-order chi connectivity index (χ0) is 22.7. The van der Waals surface area contributed by atoms with E-state index in [0.29, 0.717) is 18.3 Å². The highest BCUT2D eigenvalue weighted by atomic mass is 35.5. The largest absolute Gasteiger partial charge is 0.369 e. The topological polar surface area (TPSA) is 67.2 Å². The van der Waals surface area contributed by atoms with Gasteiger partial charge >= 0.3 is 0 Å². The lowest BCUT2D eigenvalue weighted by atomic mass is 10.0. The number of aromatic nitrogens is 4. The number of piperazine rings is 1. The van der Waals surface area contributed by atoms with Gasteiger partial charge in [-0.1, -0.05) is 11.6 Å². The predicted octanol–water partition coefficient (Wildman–Crippen LogP) is 3.41. The minimum absolute atomic E-state index is 0.182. The van der Waals surface area contributed by atoms with Crippen LogP contribution in [0.4, 0.5) is 14.5 Å². The number of halogens is 3. The highest BCUT2D eigenvalue weighted by Gasteiger charge is 2.25. The van der Waals surface area contributed by atoms with Crippen molar-refractivity contribution in [1.82, 2.24) is 25.1 Å². The molecule has 2 heterocycles. The summed E-state index contributed by atoms with van der Waals surface area (Å²) in [5.41, 5.74) is 0.969. The van der Waals surface area contributed by atoms with Crippen LogP contribution in [0.3, 0.4) is 0 Å². The van der Waals surface area contributed by atoms with E-state index in [0.717, 1.165) is 55.6 Å². The minimum atomic E-state index is -0.893. The molecule has 1 aliphatic rings. The van der Waals surface area contributed by atoms with Crippen molar-refractivity contribution in [3.63, 3.8) is 0 Å². The standard InChI is InChI=1S/C22H23ClF2N6O/c1-15(22(32)19-7-4-17(24)14-20(19)25)31-21(26-27-28-31)8-9-29-10-12-30(13-11-29)18-5-2-16(23)3-6-18/h2-7,14-15H,8-13H2,1H3. The molecule has 0 aliphatic carbocycles. The van der Waals surface area contributed by atoms with Crippen molar-refractivity contribution in [3.8, 4) is 0 Å². The minimum Gasteiger partial charge on any atom is -0.369 e. The van der Waals surface area contributed by atoms with E-state index in [1.165, 1.54) is 4.68 Å². The number of benzene rings is 2. The fourth-order valence-corrected chi connectivity index (χ4v) is 3.97. The molecule has 168 valence electrons. The van der Waals surface area contributed by atoms with E-state index in [9.17, 15) is 13.6 Å². The third kappa shape index (κ3) is 4.94. The maximum atomic E-state index is 14.0. The molecule has 0 radical (unpaired) electrons. The summed E-state index contributed by atoms with van der Waals surface area (Å²) in [5.74, 6) is -1.58. The first-order chi connectivity index (χ1) is 15.4. The third-order valence-corrected chi connectivity index (χ3v) is 5.97. The van der Waals surface area contributed by atoms with E-state index in [2.05, 4.69) is 25.3 Å². The van der Waals surface area contributed by atoms with Crippen LogP contribution in [0.25, 0.3) is 0 Å². The van der Waals surface area contributed by atoms with Gasteiger partial charge in [-0.05, 0) is 53.7 Å². The quantitative estimate of drug-likeness (QED) is 0.503. The number of anilines is 1. The Morgan fingerprint density at radius 3 is 2.50 bits per heavy atom. The Bertz CT molecular complexity index is 1080. The number of Topliss-reactive ketones (excluding diaryl/α,β-unsaturated/α-hetero) is 1. The average molecular weight is 461 g/mol. The molecule has 4 rings (SSSR count). The molecule has 1 aromatic heterocycles. The van der Waals surface area contributed by atoms with Crippen LogP contribution >= 0.6 is 11.6 Å². The fourth-order valence-electron chi connectivity index (χ4n) is 3.84. The normalized spacial score (nSPS) is 15.7. The lowest BCUT2D eigenvalue weighted by Gasteiger charge is -2.36. The SMILES string of the molecule is CC(C(=O)c1ccc(F)cc1F)n1nnnc1CCN1CCN(c2ccc(Cl)cc2)CC1. The molecule has 1 saturated heterocycles. The highest BCUT2D eigenvalue weighted by molar-refractivity contribution is 6.30. The van der Waals surface area contributed by atoms with E-state index in [-0.39, 0.29) is 5.56 Å². The molecule has 2 aromatic carbocycles. The molecule has 7 nitrogen and oxygen atoms in total. The van der Waals surface area contributed by atoms with E-state index in [1.807, 2.05) is 24.3 Å². The van der Waals surface area contributed by atoms with Crippen LogP contribution < -0.4 is 4.90 Å². The predicted molar refractivity (Wildman–Crippen MR) is 117 cm³/mol. The number of rotatable bonds is 7. The molecular weight excluding hydrogens is 438 g/mol. The number of nitrogens with zero attached hydrogens (tertiary/aromatic N) is 6. The molecule has 0 spiro atoms. The Morgan fingerprint density at radius 1 is 1.09 bits per heavy atom. The van der Waals surface area contributed by atoms with Gasteiger partial charge in [-0.15, -0.1) is 5.10 Å². The van der Waals surface area contributed by atoms with Gasteiger partial charge in [0.15, 0.2) is 11.6 Å². The first-order valence-electron chi connectivity index (χ1n) is 10.4. The van der Waals surface area contributed by atoms with Gasteiger partial charge in [0.1, 0.15) is 17.7 Å². The van der Waals surface area contributed by atoms with Crippen molar-refractivity contribution in [2.45, 2.75) is 19.4 Å². The second kappa shape index (κ2) is 9.70. The molecule has 1 unspecified atom stereocenters. The second-order valence-corrected chi connectivity index (χ2v) is 8.20. The number of hydrogen-bond donors (Lipinski definition) is 0. The molecule has 3 aromatic rings. The first-order valence-corrected chi connectivity index (χ1v) is 10.8. The molecule has 1 atom stereocenters. The first kappa shape index (κ1) is 22.3. The van der Waals surface area contributed by atoms with Crippen LogP contribution in [0, 0.1) is 11.6 Å². The molecular formula is C22H23ClF2N6O.